The highest BCUT2D eigenvalue weighted by Gasteiger charge is 2.44. The van der Waals surface area contributed by atoms with Crippen molar-refractivity contribution in [2.75, 3.05) is 13.1 Å². The largest absolute Gasteiger partial charge is 0.342 e. The molecule has 2 aliphatic carbocycles. The van der Waals surface area contributed by atoms with E-state index in [1.807, 2.05) is 0 Å². The number of nitrogens with two attached hydrogens (primary N) is 1. The first-order chi connectivity index (χ1) is 10.1. The second-order valence-corrected chi connectivity index (χ2v) is 7.91. The smallest absolute Gasteiger partial charge is 0.225 e. The molecule has 0 spiro atoms. The zero-order chi connectivity index (χ0) is 15.0. The number of amides is 1. The van der Waals surface area contributed by atoms with Gasteiger partial charge >= 0.3 is 0 Å². The molecule has 1 aliphatic heterocycles. The van der Waals surface area contributed by atoms with Crippen molar-refractivity contribution in [3.05, 3.63) is 0 Å². The maximum atomic E-state index is 12.9. The van der Waals surface area contributed by atoms with E-state index in [9.17, 15) is 4.79 Å². The van der Waals surface area contributed by atoms with Gasteiger partial charge in [-0.15, -0.1) is 0 Å². The van der Waals surface area contributed by atoms with Crippen LogP contribution in [0, 0.1) is 23.2 Å². The predicted octanol–water partition coefficient (Wildman–Crippen LogP) is 3.18. The van der Waals surface area contributed by atoms with E-state index in [4.69, 9.17) is 5.73 Å². The Hall–Kier alpha value is -0.570. The summed E-state index contributed by atoms with van der Waals surface area (Å²) in [6, 6.07) is 0.367. The van der Waals surface area contributed by atoms with Gasteiger partial charge in [0.25, 0.3) is 0 Å². The number of hydrogen-bond acceptors (Lipinski definition) is 2. The summed E-state index contributed by atoms with van der Waals surface area (Å²) in [7, 11) is 0. The van der Waals surface area contributed by atoms with Crippen molar-refractivity contribution < 1.29 is 4.79 Å². The van der Waals surface area contributed by atoms with E-state index in [1.165, 1.54) is 38.5 Å². The van der Waals surface area contributed by atoms with Gasteiger partial charge in [0.05, 0.1) is 0 Å². The Labute approximate surface area is 129 Å². The maximum absolute atomic E-state index is 12.9. The molecule has 3 nitrogen and oxygen atoms in total. The normalized spacial score (nSPS) is 38.5. The lowest BCUT2D eigenvalue weighted by atomic mass is 9.65. The molecule has 2 bridgehead atoms. The monoisotopic (exact) mass is 292 g/mol. The van der Waals surface area contributed by atoms with Crippen LogP contribution in [-0.2, 0) is 4.79 Å². The van der Waals surface area contributed by atoms with Crippen molar-refractivity contribution in [3.8, 4) is 0 Å². The molecule has 0 aromatic rings. The topological polar surface area (TPSA) is 46.3 Å². The van der Waals surface area contributed by atoms with Gasteiger partial charge < -0.3 is 10.6 Å². The Balaban J connectivity index is 1.64. The Morgan fingerprint density at radius 2 is 1.81 bits per heavy atom. The van der Waals surface area contributed by atoms with E-state index < -0.39 is 0 Å². The van der Waals surface area contributed by atoms with Gasteiger partial charge in [-0.05, 0) is 62.2 Å². The third-order valence-electron chi connectivity index (χ3n) is 7.01. The van der Waals surface area contributed by atoms with Crippen LogP contribution < -0.4 is 5.73 Å². The number of nitrogens with zero attached hydrogens (tertiary/aromatic N) is 1. The minimum absolute atomic E-state index is 0.268. The van der Waals surface area contributed by atoms with Crippen LogP contribution in [-0.4, -0.2) is 29.9 Å². The summed E-state index contributed by atoms with van der Waals surface area (Å²) < 4.78 is 0. The molecular formula is C18H32N2O. The van der Waals surface area contributed by atoms with Crippen LogP contribution in [0.4, 0.5) is 0 Å². The molecule has 1 amide bonds. The summed E-state index contributed by atoms with van der Waals surface area (Å²) in [6.07, 6.45) is 9.52. The second kappa shape index (κ2) is 5.91. The lowest BCUT2D eigenvalue weighted by Crippen LogP contribution is -2.49. The van der Waals surface area contributed by atoms with E-state index in [2.05, 4.69) is 18.7 Å². The molecule has 3 rings (SSSR count). The minimum atomic E-state index is 0.268. The van der Waals surface area contributed by atoms with Crippen LogP contribution in [0.15, 0.2) is 0 Å². The summed E-state index contributed by atoms with van der Waals surface area (Å²) in [5.41, 5.74) is 6.76. The van der Waals surface area contributed by atoms with Crippen LogP contribution in [0.5, 0.6) is 0 Å². The van der Waals surface area contributed by atoms with E-state index in [0.29, 0.717) is 29.2 Å². The van der Waals surface area contributed by atoms with Crippen molar-refractivity contribution in [2.45, 2.75) is 71.3 Å². The van der Waals surface area contributed by atoms with E-state index in [-0.39, 0.29) is 5.92 Å². The number of hydrogen-bond donors (Lipinski definition) is 1. The van der Waals surface area contributed by atoms with Crippen molar-refractivity contribution in [1.29, 1.82) is 0 Å². The third-order valence-corrected chi connectivity index (χ3v) is 7.01. The highest BCUT2D eigenvalue weighted by molar-refractivity contribution is 5.79. The van der Waals surface area contributed by atoms with E-state index >= 15 is 0 Å². The summed E-state index contributed by atoms with van der Waals surface area (Å²) in [6.45, 7) is 6.54. The molecule has 3 aliphatic rings. The number of carbonyl (C=O) groups excluding carboxylic acids is 1. The average Bonchev–Trinajstić information content (AvgIpc) is 2.91. The SMILES string of the molecule is CCC1(CC)CCN(C(=O)C2CC3CCCC(C2)C3N)C1. The first-order valence-corrected chi connectivity index (χ1v) is 9.13. The van der Waals surface area contributed by atoms with E-state index in [1.54, 1.807) is 0 Å². The van der Waals surface area contributed by atoms with Gasteiger partial charge in [0.2, 0.25) is 5.91 Å². The molecule has 2 unspecified atom stereocenters. The molecule has 2 N–H and O–H groups in total. The lowest BCUT2D eigenvalue weighted by molar-refractivity contribution is -0.138. The summed E-state index contributed by atoms with van der Waals surface area (Å²) in [5, 5.41) is 0. The standard InChI is InChI=1S/C18H32N2O/c1-3-18(4-2)8-9-20(12-18)17(21)15-10-13-6-5-7-14(11-15)16(13)19/h13-16H,3-12,19H2,1-2H3. The zero-order valence-electron chi connectivity index (χ0n) is 13.8. The maximum Gasteiger partial charge on any atom is 0.225 e. The summed E-state index contributed by atoms with van der Waals surface area (Å²) in [4.78, 5) is 15.1. The van der Waals surface area contributed by atoms with Gasteiger partial charge in [0.1, 0.15) is 0 Å². The van der Waals surface area contributed by atoms with Gasteiger partial charge in [0.15, 0.2) is 0 Å². The number of rotatable bonds is 3. The van der Waals surface area contributed by atoms with Gasteiger partial charge in [-0.25, -0.2) is 0 Å². The Morgan fingerprint density at radius 3 is 2.33 bits per heavy atom. The molecule has 3 heteroatoms. The molecule has 0 aromatic carbocycles. The average molecular weight is 292 g/mol. The fraction of sp³-hybridized carbons (Fsp3) is 0.944. The van der Waals surface area contributed by atoms with Gasteiger partial charge in [-0.2, -0.15) is 0 Å². The fourth-order valence-corrected chi connectivity index (χ4v) is 5.20. The van der Waals surface area contributed by atoms with Crippen molar-refractivity contribution in [2.24, 2.45) is 28.9 Å². The molecule has 1 saturated heterocycles. The van der Waals surface area contributed by atoms with Crippen LogP contribution in [0.3, 0.4) is 0 Å². The lowest BCUT2D eigenvalue weighted by Gasteiger charge is -2.44. The predicted molar refractivity (Wildman–Crippen MR) is 85.7 cm³/mol. The second-order valence-electron chi connectivity index (χ2n) is 7.91. The zero-order valence-corrected chi connectivity index (χ0v) is 13.8. The van der Waals surface area contributed by atoms with Crippen LogP contribution >= 0.6 is 0 Å². The third kappa shape index (κ3) is 2.74. The minimum Gasteiger partial charge on any atom is -0.342 e. The van der Waals surface area contributed by atoms with Crippen molar-refractivity contribution >= 4 is 5.91 Å². The Morgan fingerprint density at radius 1 is 1.19 bits per heavy atom. The Kier molecular flexibility index (Phi) is 4.31. The molecular weight excluding hydrogens is 260 g/mol. The van der Waals surface area contributed by atoms with Gasteiger partial charge in [-0.3, -0.25) is 4.79 Å². The molecule has 2 atom stereocenters. The first-order valence-electron chi connectivity index (χ1n) is 9.13. The van der Waals surface area contributed by atoms with Gasteiger partial charge in [-0.1, -0.05) is 20.3 Å². The van der Waals surface area contributed by atoms with Crippen LogP contribution in [0.2, 0.25) is 0 Å². The summed E-state index contributed by atoms with van der Waals surface area (Å²) in [5.74, 6) is 1.93. The van der Waals surface area contributed by atoms with Gasteiger partial charge in [0, 0.05) is 25.0 Å². The van der Waals surface area contributed by atoms with Crippen molar-refractivity contribution in [1.82, 2.24) is 4.90 Å². The fourth-order valence-electron chi connectivity index (χ4n) is 5.20. The Bertz CT molecular complexity index is 377. The molecule has 21 heavy (non-hydrogen) atoms. The molecule has 120 valence electrons. The quantitative estimate of drug-likeness (QED) is 0.868. The van der Waals surface area contributed by atoms with Crippen LogP contribution in [0.1, 0.15) is 65.2 Å². The molecule has 2 saturated carbocycles. The highest BCUT2D eigenvalue weighted by Crippen LogP contribution is 2.44. The molecule has 3 fully saturated rings. The number of carbonyl (C=O) groups is 1. The molecule has 0 radical (unpaired) electrons. The first kappa shape index (κ1) is 15.3. The van der Waals surface area contributed by atoms with Crippen molar-refractivity contribution in [3.63, 3.8) is 0 Å². The number of likely N-dealkylation sites (tertiary alicyclic amines) is 1. The van der Waals surface area contributed by atoms with Crippen LogP contribution in [0.25, 0.3) is 0 Å². The molecule has 0 aromatic heterocycles. The van der Waals surface area contributed by atoms with E-state index in [0.717, 1.165) is 25.9 Å². The highest BCUT2D eigenvalue weighted by atomic mass is 16.2. The number of fused-ring (bicyclic) bond motifs is 2. The molecule has 1 heterocycles. The summed E-state index contributed by atoms with van der Waals surface area (Å²) >= 11 is 0.